The van der Waals surface area contributed by atoms with E-state index in [4.69, 9.17) is 9.47 Å². The predicted molar refractivity (Wildman–Crippen MR) is 346 cm³/mol. The summed E-state index contributed by atoms with van der Waals surface area (Å²) in [6, 6.07) is 75.7. The Labute approximate surface area is 517 Å². The normalized spacial score (nSPS) is 16.0. The van der Waals surface area contributed by atoms with Crippen molar-refractivity contribution in [2.75, 3.05) is 4.90 Å². The van der Waals surface area contributed by atoms with Gasteiger partial charge < -0.3 is 14.4 Å². The summed E-state index contributed by atoms with van der Waals surface area (Å²) in [5, 5.41) is 0. The largest absolute Gasteiger partial charge is 0.457 e. The lowest BCUT2D eigenvalue weighted by atomic mass is 9.67. The topological polar surface area (TPSA) is 21.7 Å². The Morgan fingerprint density at radius 1 is 0.311 bits per heavy atom. The maximum atomic E-state index is 17.4. The molecule has 0 fully saturated rings. The van der Waals surface area contributed by atoms with Gasteiger partial charge in [0, 0.05) is 33.6 Å². The lowest BCUT2D eigenvalue weighted by Gasteiger charge is -2.36. The summed E-state index contributed by atoms with van der Waals surface area (Å²) in [6.45, 7) is 12.1. The summed E-state index contributed by atoms with van der Waals surface area (Å²) in [4.78, 5) is 2.09. The molecule has 3 nitrogen and oxygen atoms in total. The molecule has 0 N–H and O–H groups in total. The van der Waals surface area contributed by atoms with Gasteiger partial charge in [0.1, 0.15) is 23.0 Å². The summed E-state index contributed by atoms with van der Waals surface area (Å²) >= 11 is 0. The first-order chi connectivity index (χ1) is 43.7. The zero-order valence-electron chi connectivity index (χ0n) is 48.8. The quantitative estimate of drug-likeness (QED) is 0.0848. The van der Waals surface area contributed by atoms with Crippen LogP contribution in [0.15, 0.2) is 262 Å². The average Bonchev–Trinajstić information content (AvgIpc) is 1.52. The second-order valence-corrected chi connectivity index (χ2v) is 23.5. The van der Waals surface area contributed by atoms with Gasteiger partial charge in [-0.05, 0) is 186 Å². The number of ether oxygens (including phenoxy) is 2. The first-order valence-electron chi connectivity index (χ1n) is 29.6. The van der Waals surface area contributed by atoms with Gasteiger partial charge in [0.2, 0.25) is 0 Å². The maximum absolute atomic E-state index is 17.4. The van der Waals surface area contributed by atoms with Crippen molar-refractivity contribution in [3.63, 3.8) is 0 Å². The second kappa shape index (κ2) is 21.2. The predicted octanol–water partition coefficient (Wildman–Crippen LogP) is 21.9. The molecule has 0 saturated heterocycles. The molecule has 0 bridgehead atoms. The highest BCUT2D eigenvalue weighted by Crippen LogP contribution is 2.61. The number of halogens is 6. The Bertz CT molecular complexity index is 4660. The highest BCUT2D eigenvalue weighted by molar-refractivity contribution is 5.93. The number of hydrogen-bond donors (Lipinski definition) is 0. The molecule has 436 valence electrons. The maximum Gasteiger partial charge on any atom is 0.194 e. The molecule has 12 aromatic carbocycles. The lowest BCUT2D eigenvalue weighted by Crippen LogP contribution is -2.31. The van der Waals surface area contributed by atoms with Crippen molar-refractivity contribution in [3.8, 4) is 56.4 Å². The molecule has 3 aliphatic rings. The molecule has 15 rings (SSSR count). The highest BCUT2D eigenvalue weighted by atomic mass is 19.2. The molecule has 3 aliphatic carbocycles. The van der Waals surface area contributed by atoms with Crippen molar-refractivity contribution in [3.05, 3.63) is 364 Å². The minimum atomic E-state index is -1.61. The summed E-state index contributed by atoms with van der Waals surface area (Å²) in [7, 11) is 0. The van der Waals surface area contributed by atoms with E-state index >= 15 is 26.3 Å². The fourth-order valence-corrected chi connectivity index (χ4v) is 14.4. The van der Waals surface area contributed by atoms with Crippen LogP contribution in [-0.2, 0) is 16.2 Å². The fraction of sp³-hybridized carbons (Fsp3) is 0.0617. The smallest absolute Gasteiger partial charge is 0.194 e. The molecule has 0 aromatic heterocycles. The van der Waals surface area contributed by atoms with E-state index in [0.29, 0.717) is 67.8 Å². The van der Waals surface area contributed by atoms with Crippen LogP contribution >= 0.6 is 0 Å². The van der Waals surface area contributed by atoms with Crippen LogP contribution in [0, 0.1) is 34.9 Å². The Hall–Kier alpha value is -10.9. The van der Waals surface area contributed by atoms with E-state index in [2.05, 4.69) is 62.2 Å². The van der Waals surface area contributed by atoms with E-state index in [1.54, 1.807) is 36.4 Å². The van der Waals surface area contributed by atoms with Crippen LogP contribution in [0.3, 0.4) is 0 Å². The van der Waals surface area contributed by atoms with Crippen LogP contribution in [0.1, 0.15) is 80.6 Å². The van der Waals surface area contributed by atoms with Crippen LogP contribution in [0.2, 0.25) is 0 Å². The molecular formula is C81H53F6NO2. The third-order valence-corrected chi connectivity index (χ3v) is 18.6. The van der Waals surface area contributed by atoms with Gasteiger partial charge in [-0.2, -0.15) is 0 Å². The Morgan fingerprint density at radius 2 is 0.633 bits per heavy atom. The van der Waals surface area contributed by atoms with Crippen LogP contribution < -0.4 is 14.4 Å². The summed E-state index contributed by atoms with van der Waals surface area (Å²) in [5.74, 6) is -6.45. The fourth-order valence-electron chi connectivity index (χ4n) is 14.4. The van der Waals surface area contributed by atoms with Crippen molar-refractivity contribution in [2.24, 2.45) is 0 Å². The molecule has 90 heavy (non-hydrogen) atoms. The van der Waals surface area contributed by atoms with Crippen molar-refractivity contribution in [2.45, 2.75) is 30.1 Å². The van der Waals surface area contributed by atoms with Crippen molar-refractivity contribution in [1.29, 1.82) is 0 Å². The van der Waals surface area contributed by atoms with Crippen LogP contribution in [-0.4, -0.2) is 0 Å². The third kappa shape index (κ3) is 8.36. The van der Waals surface area contributed by atoms with E-state index < -0.39 is 51.1 Å². The van der Waals surface area contributed by atoms with Crippen molar-refractivity contribution >= 4 is 29.2 Å². The van der Waals surface area contributed by atoms with E-state index in [1.807, 2.05) is 170 Å². The number of fused-ring (bicyclic) bond motifs is 9. The van der Waals surface area contributed by atoms with Gasteiger partial charge in [-0.3, -0.25) is 0 Å². The lowest BCUT2D eigenvalue weighted by molar-refractivity contribution is 0.435. The third-order valence-electron chi connectivity index (χ3n) is 18.6. The molecule has 9 heteroatoms. The molecule has 12 aromatic rings. The number of anilines is 3. The molecule has 0 aliphatic heterocycles. The molecule has 0 heterocycles. The molecule has 0 amide bonds. The Balaban J connectivity index is 0.976. The standard InChI is InChI=1S/C81H53F6NO2/c1-5-48-19-30-55(31-20-48)89-57-34-23-50(24-35-57)80(68-41-43-73(82)77(86)75(68)84)66-17-11-8-14-60(66)63-39-28-53(46-71(63)80)88(52-27-38-62-59-13-7-10-16-65(59)79(3,4)70(62)45-52)54-29-40-64-61-15-9-12-18-67(61)81(72(64)47-54,69-42-44-74(83)78(87)76(69)85)51-25-36-58(37-26-51)90-56-32-21-49(6-2)22-33-56/h5-47H,1-2H2,3-4H3. The van der Waals surface area contributed by atoms with Crippen molar-refractivity contribution < 1.29 is 35.8 Å². The van der Waals surface area contributed by atoms with Gasteiger partial charge in [0.05, 0.1) is 10.8 Å². The van der Waals surface area contributed by atoms with E-state index in [-0.39, 0.29) is 11.1 Å². The van der Waals surface area contributed by atoms with Gasteiger partial charge in [0.15, 0.2) is 34.9 Å². The van der Waals surface area contributed by atoms with Crippen molar-refractivity contribution in [1.82, 2.24) is 0 Å². The minimum Gasteiger partial charge on any atom is -0.457 e. The minimum absolute atomic E-state index is 0.113. The number of nitrogens with zero attached hydrogens (tertiary/aromatic N) is 1. The molecule has 0 spiro atoms. The molecule has 0 radical (unpaired) electrons. The monoisotopic (exact) mass is 1190 g/mol. The van der Waals surface area contributed by atoms with E-state index in [1.165, 1.54) is 12.1 Å². The highest BCUT2D eigenvalue weighted by Gasteiger charge is 2.51. The van der Waals surface area contributed by atoms with E-state index in [0.717, 1.165) is 73.5 Å². The van der Waals surface area contributed by atoms with Crippen LogP contribution in [0.5, 0.6) is 23.0 Å². The van der Waals surface area contributed by atoms with Gasteiger partial charge in [-0.25, -0.2) is 26.3 Å². The number of benzene rings is 12. The number of hydrogen-bond acceptors (Lipinski definition) is 3. The Morgan fingerprint density at radius 3 is 1.02 bits per heavy atom. The first kappa shape index (κ1) is 55.7. The average molecular weight is 1190 g/mol. The Kier molecular flexibility index (Phi) is 13.1. The molecular weight excluding hydrogens is 1130 g/mol. The zero-order valence-corrected chi connectivity index (χ0v) is 48.8. The molecule has 0 saturated carbocycles. The molecule has 2 unspecified atom stereocenters. The van der Waals surface area contributed by atoms with Crippen LogP contribution in [0.25, 0.3) is 45.5 Å². The molecule has 2 atom stereocenters. The van der Waals surface area contributed by atoms with Gasteiger partial charge in [-0.15, -0.1) is 0 Å². The SMILES string of the molecule is C=Cc1ccc(Oc2ccc(C3(c4ccc(F)c(F)c4F)c4ccccc4-c4ccc(N(c5ccc6c(c5)C(C)(C)c5ccccc5-6)c5ccc6c(c5)C(c5ccc(Oc7ccc(C=C)cc7)cc5)(c5ccc(F)c(F)c5F)c5ccccc5-6)cc43)cc2)cc1. The van der Waals surface area contributed by atoms with Crippen LogP contribution in [0.4, 0.5) is 43.4 Å². The summed E-state index contributed by atoms with van der Waals surface area (Å²) in [6.07, 6.45) is 3.48. The van der Waals surface area contributed by atoms with Gasteiger partial charge in [-0.1, -0.05) is 191 Å². The number of rotatable bonds is 13. The summed E-state index contributed by atoms with van der Waals surface area (Å²) < 4.78 is 111. The van der Waals surface area contributed by atoms with Gasteiger partial charge >= 0.3 is 0 Å². The first-order valence-corrected chi connectivity index (χ1v) is 29.6. The second-order valence-electron chi connectivity index (χ2n) is 23.5. The zero-order chi connectivity index (χ0) is 61.8. The van der Waals surface area contributed by atoms with Gasteiger partial charge in [0.25, 0.3) is 0 Å². The summed E-state index contributed by atoms with van der Waals surface area (Å²) in [5.41, 5.74) is 10.7. The van der Waals surface area contributed by atoms with E-state index in [9.17, 15) is 0 Å².